The Morgan fingerprint density at radius 1 is 1.06 bits per heavy atom. The van der Waals surface area contributed by atoms with E-state index in [4.69, 9.17) is 0 Å². The number of rotatable bonds is 4. The van der Waals surface area contributed by atoms with Gasteiger partial charge in [-0.25, -0.2) is 8.78 Å². The summed E-state index contributed by atoms with van der Waals surface area (Å²) in [6.07, 6.45) is -4.17. The molecular formula is C12H14F5N. The summed E-state index contributed by atoms with van der Waals surface area (Å²) in [7, 11) is 0. The average Bonchev–Trinajstić information content (AvgIpc) is 2.22. The van der Waals surface area contributed by atoms with Gasteiger partial charge in [0.1, 0.15) is 17.2 Å². The molecule has 1 rings (SSSR count). The van der Waals surface area contributed by atoms with E-state index in [-0.39, 0.29) is 6.54 Å². The summed E-state index contributed by atoms with van der Waals surface area (Å²) in [6, 6.07) is 1.93. The van der Waals surface area contributed by atoms with Crippen LogP contribution in [0.4, 0.5) is 22.0 Å². The zero-order valence-corrected chi connectivity index (χ0v) is 10.0. The molecule has 0 aliphatic carbocycles. The lowest BCUT2D eigenvalue weighted by Crippen LogP contribution is -2.52. The summed E-state index contributed by atoms with van der Waals surface area (Å²) >= 11 is 0. The Morgan fingerprint density at radius 3 is 1.94 bits per heavy atom. The molecule has 18 heavy (non-hydrogen) atoms. The first-order chi connectivity index (χ1) is 8.20. The quantitative estimate of drug-likeness (QED) is 0.819. The van der Waals surface area contributed by atoms with Crippen LogP contribution in [0.15, 0.2) is 18.2 Å². The van der Waals surface area contributed by atoms with E-state index in [1.165, 1.54) is 0 Å². The molecule has 0 fully saturated rings. The summed E-state index contributed by atoms with van der Waals surface area (Å²) < 4.78 is 65.3. The van der Waals surface area contributed by atoms with Crippen LogP contribution >= 0.6 is 0 Å². The van der Waals surface area contributed by atoms with E-state index in [1.54, 1.807) is 6.92 Å². The van der Waals surface area contributed by atoms with Crippen LogP contribution in [0.25, 0.3) is 0 Å². The smallest absolute Gasteiger partial charge is 0.300 e. The van der Waals surface area contributed by atoms with Crippen LogP contribution in [-0.2, 0) is 5.54 Å². The van der Waals surface area contributed by atoms with Gasteiger partial charge in [0.05, 0.1) is 0 Å². The van der Waals surface area contributed by atoms with Gasteiger partial charge in [-0.3, -0.25) is 0 Å². The number of hydrogen-bond donors (Lipinski definition) is 1. The van der Waals surface area contributed by atoms with Crippen LogP contribution in [0.2, 0.25) is 0 Å². The molecule has 1 aromatic carbocycles. The molecule has 1 aromatic rings. The van der Waals surface area contributed by atoms with Crippen molar-refractivity contribution < 1.29 is 22.0 Å². The molecule has 1 unspecified atom stereocenters. The Balaban J connectivity index is 3.25. The lowest BCUT2D eigenvalue weighted by atomic mass is 9.91. The van der Waals surface area contributed by atoms with Crippen molar-refractivity contribution in [3.8, 4) is 0 Å². The topological polar surface area (TPSA) is 12.0 Å². The Labute approximate surface area is 102 Å². The fourth-order valence-electron chi connectivity index (χ4n) is 1.58. The van der Waals surface area contributed by atoms with E-state index < -0.39 is 28.9 Å². The normalized spacial score (nSPS) is 15.5. The van der Waals surface area contributed by atoms with Gasteiger partial charge >= 0.3 is 6.18 Å². The van der Waals surface area contributed by atoms with Gasteiger partial charge in [-0.15, -0.1) is 0 Å². The minimum atomic E-state index is -4.65. The van der Waals surface area contributed by atoms with Crippen molar-refractivity contribution in [3.05, 3.63) is 35.4 Å². The van der Waals surface area contributed by atoms with Crippen molar-refractivity contribution in [1.82, 2.24) is 5.32 Å². The van der Waals surface area contributed by atoms with Gasteiger partial charge in [-0.2, -0.15) is 13.2 Å². The molecule has 0 spiro atoms. The third kappa shape index (κ3) is 2.98. The van der Waals surface area contributed by atoms with Gasteiger partial charge in [-0.05, 0) is 37.6 Å². The van der Waals surface area contributed by atoms with E-state index in [0.29, 0.717) is 24.6 Å². The zero-order valence-electron chi connectivity index (χ0n) is 10.0. The third-order valence-corrected chi connectivity index (χ3v) is 2.74. The molecule has 1 N–H and O–H groups in total. The highest BCUT2D eigenvalue weighted by Crippen LogP contribution is 2.39. The molecule has 0 aromatic heterocycles. The second-order valence-corrected chi connectivity index (χ2v) is 4.21. The van der Waals surface area contributed by atoms with Crippen molar-refractivity contribution in [1.29, 1.82) is 0 Å². The van der Waals surface area contributed by atoms with Crippen LogP contribution in [-0.4, -0.2) is 12.7 Å². The molecule has 0 aliphatic rings. The van der Waals surface area contributed by atoms with Gasteiger partial charge in [0.15, 0.2) is 0 Å². The lowest BCUT2D eigenvalue weighted by Gasteiger charge is -2.33. The molecule has 102 valence electrons. The Hall–Kier alpha value is -1.17. The van der Waals surface area contributed by atoms with Crippen molar-refractivity contribution in [2.24, 2.45) is 0 Å². The molecule has 0 aliphatic heterocycles. The van der Waals surface area contributed by atoms with E-state index >= 15 is 0 Å². The molecular weight excluding hydrogens is 253 g/mol. The van der Waals surface area contributed by atoms with Gasteiger partial charge in [-0.1, -0.05) is 6.92 Å². The molecule has 0 heterocycles. The Morgan fingerprint density at radius 2 is 1.56 bits per heavy atom. The van der Waals surface area contributed by atoms with E-state index in [2.05, 4.69) is 5.32 Å². The van der Waals surface area contributed by atoms with Crippen molar-refractivity contribution in [2.45, 2.75) is 32.0 Å². The third-order valence-electron chi connectivity index (χ3n) is 2.74. The van der Waals surface area contributed by atoms with Crippen LogP contribution in [0.5, 0.6) is 0 Å². The molecule has 6 heteroatoms. The minimum Gasteiger partial charge on any atom is -0.300 e. The summed E-state index contributed by atoms with van der Waals surface area (Å²) in [4.78, 5) is 0. The average molecular weight is 267 g/mol. The lowest BCUT2D eigenvalue weighted by molar-refractivity contribution is -0.195. The zero-order chi connectivity index (χ0) is 14.0. The number of alkyl halides is 3. The summed E-state index contributed by atoms with van der Waals surface area (Å²) in [5, 5.41) is 2.30. The monoisotopic (exact) mass is 267 g/mol. The highest BCUT2D eigenvalue weighted by Gasteiger charge is 2.52. The molecule has 0 saturated carbocycles. The molecule has 1 nitrogen and oxygen atoms in total. The van der Waals surface area contributed by atoms with Gasteiger partial charge < -0.3 is 5.32 Å². The summed E-state index contributed by atoms with van der Waals surface area (Å²) in [5.41, 5.74) is -2.94. The van der Waals surface area contributed by atoms with Crippen LogP contribution in [0.1, 0.15) is 25.8 Å². The first kappa shape index (κ1) is 14.9. The summed E-state index contributed by atoms with van der Waals surface area (Å²) in [5.74, 6) is -2.06. The van der Waals surface area contributed by atoms with Crippen LogP contribution in [0, 0.1) is 11.6 Å². The number of halogens is 5. The fraction of sp³-hybridized carbons (Fsp3) is 0.500. The minimum absolute atomic E-state index is 0.0914. The first-order valence-electron chi connectivity index (χ1n) is 5.49. The van der Waals surface area contributed by atoms with Gasteiger partial charge in [0.25, 0.3) is 0 Å². The molecule has 0 amide bonds. The second kappa shape index (κ2) is 5.22. The van der Waals surface area contributed by atoms with E-state index in [1.807, 2.05) is 0 Å². The van der Waals surface area contributed by atoms with Crippen molar-refractivity contribution in [2.75, 3.05) is 6.54 Å². The fourth-order valence-corrected chi connectivity index (χ4v) is 1.58. The van der Waals surface area contributed by atoms with Gasteiger partial charge in [0.2, 0.25) is 0 Å². The maximum absolute atomic E-state index is 13.1. The van der Waals surface area contributed by atoms with Crippen molar-refractivity contribution >= 4 is 0 Å². The predicted octanol–water partition coefficient (Wildman–Crippen LogP) is 3.74. The second-order valence-electron chi connectivity index (χ2n) is 4.21. The summed E-state index contributed by atoms with van der Waals surface area (Å²) in [6.45, 7) is 2.67. The molecule has 0 radical (unpaired) electrons. The number of hydrogen-bond acceptors (Lipinski definition) is 1. The Kier molecular flexibility index (Phi) is 4.32. The number of nitrogens with one attached hydrogen (secondary N) is 1. The highest BCUT2D eigenvalue weighted by atomic mass is 19.4. The first-order valence-corrected chi connectivity index (χ1v) is 5.49. The Bertz CT molecular complexity index is 395. The van der Waals surface area contributed by atoms with Crippen molar-refractivity contribution in [3.63, 3.8) is 0 Å². The maximum Gasteiger partial charge on any atom is 0.410 e. The largest absolute Gasteiger partial charge is 0.410 e. The number of benzene rings is 1. The van der Waals surface area contributed by atoms with Gasteiger partial charge in [0, 0.05) is 6.07 Å². The van der Waals surface area contributed by atoms with Crippen LogP contribution < -0.4 is 5.32 Å². The maximum atomic E-state index is 13.1. The molecule has 0 saturated heterocycles. The standard InChI is InChI=1S/C12H14F5N/c1-3-4-18-11(2,12(15,16)17)8-5-9(13)7-10(14)6-8/h5-7,18H,3-4H2,1-2H3. The highest BCUT2D eigenvalue weighted by molar-refractivity contribution is 5.27. The molecule has 1 atom stereocenters. The van der Waals surface area contributed by atoms with E-state index in [9.17, 15) is 22.0 Å². The SMILES string of the molecule is CCCNC(C)(c1cc(F)cc(F)c1)C(F)(F)F. The van der Waals surface area contributed by atoms with Crippen LogP contribution in [0.3, 0.4) is 0 Å². The molecule has 0 bridgehead atoms. The predicted molar refractivity (Wildman–Crippen MR) is 58.1 cm³/mol. The van der Waals surface area contributed by atoms with E-state index in [0.717, 1.165) is 6.92 Å².